The molecule has 0 spiro atoms. The van der Waals surface area contributed by atoms with Gasteiger partial charge in [0.15, 0.2) is 0 Å². The molecule has 1 aromatic heterocycles. The first-order valence-electron chi connectivity index (χ1n) is 7.74. The third-order valence-corrected chi connectivity index (χ3v) is 4.96. The van der Waals surface area contributed by atoms with E-state index in [1.54, 1.807) is 12.1 Å². The highest BCUT2D eigenvalue weighted by molar-refractivity contribution is 7.11. The molecule has 1 aromatic carbocycles. The van der Waals surface area contributed by atoms with E-state index in [4.69, 9.17) is 0 Å². The monoisotopic (exact) mass is 305 g/mol. The van der Waals surface area contributed by atoms with Gasteiger partial charge in [0, 0.05) is 9.75 Å². The lowest BCUT2D eigenvalue weighted by molar-refractivity contribution is 0.470. The van der Waals surface area contributed by atoms with Gasteiger partial charge in [0.05, 0.1) is 0 Å². The average Bonchev–Trinajstić information content (AvgIpc) is 2.94. The van der Waals surface area contributed by atoms with Gasteiger partial charge in [0.2, 0.25) is 0 Å². The molecule has 0 aliphatic rings. The Hall–Kier alpha value is -1.19. The van der Waals surface area contributed by atoms with Crippen molar-refractivity contribution in [2.75, 3.05) is 13.1 Å². The third kappa shape index (κ3) is 4.94. The summed E-state index contributed by atoms with van der Waals surface area (Å²) in [6, 6.07) is 11.6. The molecule has 21 heavy (non-hydrogen) atoms. The molecule has 1 unspecified atom stereocenters. The maximum Gasteiger partial charge on any atom is 0.126 e. The van der Waals surface area contributed by atoms with Crippen molar-refractivity contribution < 1.29 is 4.39 Å². The Bertz CT molecular complexity index is 550. The summed E-state index contributed by atoms with van der Waals surface area (Å²) in [6.07, 6.45) is 2.90. The summed E-state index contributed by atoms with van der Waals surface area (Å²) < 4.78 is 13.9. The Morgan fingerprint density at radius 1 is 1.05 bits per heavy atom. The van der Waals surface area contributed by atoms with E-state index in [0.717, 1.165) is 37.9 Å². The van der Waals surface area contributed by atoms with E-state index >= 15 is 0 Å². The number of halogens is 1. The smallest absolute Gasteiger partial charge is 0.126 e. The van der Waals surface area contributed by atoms with Crippen LogP contribution in [0.3, 0.4) is 0 Å². The largest absolute Gasteiger partial charge is 0.317 e. The molecule has 1 nitrogen and oxygen atoms in total. The molecule has 0 amide bonds. The Morgan fingerprint density at radius 2 is 1.81 bits per heavy atom. The van der Waals surface area contributed by atoms with Crippen LogP contribution < -0.4 is 5.32 Å². The Balaban J connectivity index is 2.05. The van der Waals surface area contributed by atoms with Crippen molar-refractivity contribution in [1.82, 2.24) is 5.32 Å². The molecule has 0 aliphatic carbocycles. The first kappa shape index (κ1) is 16.2. The lowest BCUT2D eigenvalue weighted by Crippen LogP contribution is -2.25. The van der Waals surface area contributed by atoms with E-state index in [1.165, 1.54) is 9.75 Å². The topological polar surface area (TPSA) is 12.0 Å². The Labute approximate surface area is 131 Å². The molecule has 0 saturated carbocycles. The first-order chi connectivity index (χ1) is 10.2. The molecule has 0 radical (unpaired) electrons. The number of thiophene rings is 1. The SMILES string of the molecule is CCNCC(Cc1ccc(CC)s1)Cc1ccccc1F. The van der Waals surface area contributed by atoms with Crippen molar-refractivity contribution in [3.63, 3.8) is 0 Å². The highest BCUT2D eigenvalue weighted by atomic mass is 32.1. The maximum absolute atomic E-state index is 13.9. The highest BCUT2D eigenvalue weighted by Gasteiger charge is 2.14. The predicted octanol–water partition coefficient (Wildman–Crippen LogP) is 4.46. The molecule has 0 saturated heterocycles. The predicted molar refractivity (Wildman–Crippen MR) is 89.5 cm³/mol. The van der Waals surface area contributed by atoms with Crippen LogP contribution in [-0.4, -0.2) is 13.1 Å². The number of hydrogen-bond donors (Lipinski definition) is 1. The zero-order valence-corrected chi connectivity index (χ0v) is 13.7. The van der Waals surface area contributed by atoms with Gasteiger partial charge in [-0.05, 0) is 62.0 Å². The number of hydrogen-bond acceptors (Lipinski definition) is 2. The van der Waals surface area contributed by atoms with Crippen molar-refractivity contribution in [2.45, 2.75) is 33.1 Å². The summed E-state index contributed by atoms with van der Waals surface area (Å²) in [5.41, 5.74) is 0.827. The van der Waals surface area contributed by atoms with Gasteiger partial charge in [0.25, 0.3) is 0 Å². The first-order valence-corrected chi connectivity index (χ1v) is 8.56. The molecule has 2 aromatic rings. The van der Waals surface area contributed by atoms with Gasteiger partial charge < -0.3 is 5.32 Å². The van der Waals surface area contributed by atoms with Crippen LogP contribution in [0, 0.1) is 11.7 Å². The van der Waals surface area contributed by atoms with E-state index in [1.807, 2.05) is 23.5 Å². The van der Waals surface area contributed by atoms with Crippen molar-refractivity contribution in [3.05, 3.63) is 57.5 Å². The van der Waals surface area contributed by atoms with E-state index < -0.39 is 0 Å². The molecular weight excluding hydrogens is 281 g/mol. The van der Waals surface area contributed by atoms with E-state index in [9.17, 15) is 4.39 Å². The van der Waals surface area contributed by atoms with Gasteiger partial charge in [-0.3, -0.25) is 0 Å². The second-order valence-corrected chi connectivity index (χ2v) is 6.65. The summed E-state index contributed by atoms with van der Waals surface area (Å²) >= 11 is 1.89. The zero-order valence-electron chi connectivity index (χ0n) is 12.9. The fraction of sp³-hybridized carbons (Fsp3) is 0.444. The fourth-order valence-corrected chi connectivity index (χ4v) is 3.62. The second-order valence-electron chi connectivity index (χ2n) is 5.39. The minimum Gasteiger partial charge on any atom is -0.317 e. The number of aryl methyl sites for hydroxylation is 1. The number of nitrogens with one attached hydrogen (secondary N) is 1. The van der Waals surface area contributed by atoms with Crippen LogP contribution in [0.1, 0.15) is 29.2 Å². The van der Waals surface area contributed by atoms with Crippen LogP contribution in [0.5, 0.6) is 0 Å². The zero-order chi connectivity index (χ0) is 15.1. The maximum atomic E-state index is 13.9. The average molecular weight is 305 g/mol. The fourth-order valence-electron chi connectivity index (χ4n) is 2.55. The van der Waals surface area contributed by atoms with Crippen LogP contribution in [0.15, 0.2) is 36.4 Å². The van der Waals surface area contributed by atoms with Crippen LogP contribution in [-0.2, 0) is 19.3 Å². The molecule has 0 aliphatic heterocycles. The van der Waals surface area contributed by atoms with Crippen molar-refractivity contribution >= 4 is 11.3 Å². The van der Waals surface area contributed by atoms with Crippen molar-refractivity contribution in [3.8, 4) is 0 Å². The number of rotatable bonds is 8. The van der Waals surface area contributed by atoms with Gasteiger partial charge in [0.1, 0.15) is 5.82 Å². The summed E-state index contributed by atoms with van der Waals surface area (Å²) in [7, 11) is 0. The quantitative estimate of drug-likeness (QED) is 0.759. The second kappa shape index (κ2) is 8.30. The summed E-state index contributed by atoms with van der Waals surface area (Å²) in [5, 5.41) is 3.41. The van der Waals surface area contributed by atoms with Gasteiger partial charge in [-0.1, -0.05) is 32.0 Å². The Morgan fingerprint density at radius 3 is 2.48 bits per heavy atom. The molecule has 3 heteroatoms. The van der Waals surface area contributed by atoms with Crippen molar-refractivity contribution in [2.24, 2.45) is 5.92 Å². The molecule has 0 bridgehead atoms. The third-order valence-electron chi connectivity index (χ3n) is 3.71. The van der Waals surface area contributed by atoms with Gasteiger partial charge in [-0.2, -0.15) is 0 Å². The van der Waals surface area contributed by atoms with E-state index in [0.29, 0.717) is 5.92 Å². The lowest BCUT2D eigenvalue weighted by atomic mass is 9.95. The van der Waals surface area contributed by atoms with Crippen LogP contribution >= 0.6 is 11.3 Å². The van der Waals surface area contributed by atoms with Gasteiger partial charge >= 0.3 is 0 Å². The van der Waals surface area contributed by atoms with Crippen LogP contribution in [0.2, 0.25) is 0 Å². The minimum absolute atomic E-state index is 0.0839. The molecular formula is C18H24FNS. The van der Waals surface area contributed by atoms with E-state index in [2.05, 4.69) is 31.3 Å². The molecule has 1 N–H and O–H groups in total. The highest BCUT2D eigenvalue weighted by Crippen LogP contribution is 2.22. The van der Waals surface area contributed by atoms with Gasteiger partial charge in [-0.15, -0.1) is 11.3 Å². The molecule has 114 valence electrons. The summed E-state index contributed by atoms with van der Waals surface area (Å²) in [4.78, 5) is 2.84. The molecule has 2 rings (SSSR count). The summed E-state index contributed by atoms with van der Waals surface area (Å²) in [5.74, 6) is 0.352. The summed E-state index contributed by atoms with van der Waals surface area (Å²) in [6.45, 7) is 6.19. The van der Waals surface area contributed by atoms with Crippen molar-refractivity contribution in [1.29, 1.82) is 0 Å². The Kier molecular flexibility index (Phi) is 6.40. The molecule has 1 atom stereocenters. The standard InChI is InChI=1S/C18H24FNS/c1-3-16-9-10-17(21-16)12-14(13-20-4-2)11-15-7-5-6-8-18(15)19/h5-10,14,20H,3-4,11-13H2,1-2H3. The minimum atomic E-state index is -0.0839. The normalized spacial score (nSPS) is 12.5. The molecule has 0 fully saturated rings. The lowest BCUT2D eigenvalue weighted by Gasteiger charge is -2.17. The van der Waals surface area contributed by atoms with Gasteiger partial charge in [-0.25, -0.2) is 4.39 Å². The van der Waals surface area contributed by atoms with Crippen LogP contribution in [0.25, 0.3) is 0 Å². The molecule has 1 heterocycles. The van der Waals surface area contributed by atoms with E-state index in [-0.39, 0.29) is 5.82 Å². The number of benzene rings is 1. The van der Waals surface area contributed by atoms with Crippen LogP contribution in [0.4, 0.5) is 4.39 Å².